The lowest BCUT2D eigenvalue weighted by Crippen LogP contribution is -2.31. The standard InChI is InChI=1S/C13H17F3N2O/c1-8(17)7-12(19)18-9(2)10-3-5-11(6-4-10)13(14,15)16/h3-6,8-9H,7,17H2,1-2H3,(H,18,19). The van der Waals surface area contributed by atoms with Crippen molar-refractivity contribution in [2.45, 2.75) is 38.5 Å². The van der Waals surface area contributed by atoms with Crippen LogP contribution < -0.4 is 11.1 Å². The maximum atomic E-state index is 12.4. The van der Waals surface area contributed by atoms with E-state index in [-0.39, 0.29) is 24.4 Å². The highest BCUT2D eigenvalue weighted by molar-refractivity contribution is 5.76. The van der Waals surface area contributed by atoms with E-state index < -0.39 is 11.7 Å². The summed E-state index contributed by atoms with van der Waals surface area (Å²) in [6, 6.07) is 4.13. The molecule has 1 aromatic rings. The SMILES string of the molecule is CC(N)CC(=O)NC(C)c1ccc(C(F)(F)F)cc1. The summed E-state index contributed by atoms with van der Waals surface area (Å²) in [5.41, 5.74) is 5.40. The van der Waals surface area contributed by atoms with Crippen LogP contribution >= 0.6 is 0 Å². The number of benzene rings is 1. The molecule has 1 aromatic carbocycles. The Kier molecular flexibility index (Phi) is 4.94. The summed E-state index contributed by atoms with van der Waals surface area (Å²) >= 11 is 0. The van der Waals surface area contributed by atoms with Crippen molar-refractivity contribution in [3.8, 4) is 0 Å². The van der Waals surface area contributed by atoms with E-state index >= 15 is 0 Å². The third kappa shape index (κ3) is 4.90. The number of carbonyl (C=O) groups excluding carboxylic acids is 1. The number of nitrogens with two attached hydrogens (primary N) is 1. The summed E-state index contributed by atoms with van der Waals surface area (Å²) in [5.74, 6) is -0.220. The average Bonchev–Trinajstić information content (AvgIpc) is 2.26. The molecular weight excluding hydrogens is 257 g/mol. The molecule has 0 saturated carbocycles. The Morgan fingerprint density at radius 1 is 1.26 bits per heavy atom. The smallest absolute Gasteiger partial charge is 0.350 e. The first kappa shape index (κ1) is 15.5. The van der Waals surface area contributed by atoms with Gasteiger partial charge in [-0.3, -0.25) is 4.79 Å². The second kappa shape index (κ2) is 6.06. The lowest BCUT2D eigenvalue weighted by atomic mass is 10.1. The zero-order valence-electron chi connectivity index (χ0n) is 10.8. The first-order chi connectivity index (χ1) is 8.70. The van der Waals surface area contributed by atoms with E-state index in [2.05, 4.69) is 5.32 Å². The largest absolute Gasteiger partial charge is 0.416 e. The van der Waals surface area contributed by atoms with Gasteiger partial charge in [-0.1, -0.05) is 12.1 Å². The van der Waals surface area contributed by atoms with Gasteiger partial charge in [-0.15, -0.1) is 0 Å². The molecule has 19 heavy (non-hydrogen) atoms. The number of hydrogen-bond acceptors (Lipinski definition) is 2. The predicted molar refractivity (Wildman–Crippen MR) is 66.3 cm³/mol. The summed E-state index contributed by atoms with van der Waals surface area (Å²) in [7, 11) is 0. The van der Waals surface area contributed by atoms with Gasteiger partial charge in [0.2, 0.25) is 5.91 Å². The highest BCUT2D eigenvalue weighted by Gasteiger charge is 2.30. The van der Waals surface area contributed by atoms with Gasteiger partial charge in [-0.05, 0) is 31.5 Å². The van der Waals surface area contributed by atoms with E-state index in [9.17, 15) is 18.0 Å². The molecule has 0 radical (unpaired) electrons. The van der Waals surface area contributed by atoms with Gasteiger partial charge >= 0.3 is 6.18 Å². The molecule has 0 aliphatic heterocycles. The zero-order valence-corrected chi connectivity index (χ0v) is 10.8. The van der Waals surface area contributed by atoms with Crippen LogP contribution in [-0.4, -0.2) is 11.9 Å². The molecule has 3 N–H and O–H groups in total. The highest BCUT2D eigenvalue weighted by atomic mass is 19.4. The maximum Gasteiger partial charge on any atom is 0.416 e. The number of alkyl halides is 3. The van der Waals surface area contributed by atoms with Gasteiger partial charge in [-0.2, -0.15) is 13.2 Å². The second-order valence-electron chi connectivity index (χ2n) is 4.59. The second-order valence-corrected chi connectivity index (χ2v) is 4.59. The third-order valence-electron chi connectivity index (χ3n) is 2.62. The van der Waals surface area contributed by atoms with Gasteiger partial charge in [-0.25, -0.2) is 0 Å². The topological polar surface area (TPSA) is 55.1 Å². The minimum absolute atomic E-state index is 0.185. The van der Waals surface area contributed by atoms with Gasteiger partial charge in [0.25, 0.3) is 0 Å². The van der Waals surface area contributed by atoms with Crippen LogP contribution in [0.1, 0.15) is 37.4 Å². The number of nitrogens with one attached hydrogen (secondary N) is 1. The van der Waals surface area contributed by atoms with Crippen LogP contribution in [0.2, 0.25) is 0 Å². The first-order valence-electron chi connectivity index (χ1n) is 5.92. The fraction of sp³-hybridized carbons (Fsp3) is 0.462. The molecule has 0 saturated heterocycles. The summed E-state index contributed by atoms with van der Waals surface area (Å²) in [6.45, 7) is 3.42. The van der Waals surface area contributed by atoms with Gasteiger partial charge < -0.3 is 11.1 Å². The first-order valence-corrected chi connectivity index (χ1v) is 5.92. The van der Waals surface area contributed by atoms with Gasteiger partial charge in [0.05, 0.1) is 11.6 Å². The van der Waals surface area contributed by atoms with Gasteiger partial charge in [0.1, 0.15) is 0 Å². The van der Waals surface area contributed by atoms with Crippen LogP contribution in [0.4, 0.5) is 13.2 Å². The zero-order chi connectivity index (χ0) is 14.6. The Balaban J connectivity index is 2.68. The van der Waals surface area contributed by atoms with Crippen molar-refractivity contribution in [1.29, 1.82) is 0 Å². The molecule has 3 nitrogen and oxygen atoms in total. The van der Waals surface area contributed by atoms with Crippen LogP contribution in [0.25, 0.3) is 0 Å². The molecule has 6 heteroatoms. The molecular formula is C13H17F3N2O. The van der Waals surface area contributed by atoms with Crippen LogP contribution in [-0.2, 0) is 11.0 Å². The van der Waals surface area contributed by atoms with Crippen LogP contribution in [0.3, 0.4) is 0 Å². The Labute approximate surface area is 110 Å². The quantitative estimate of drug-likeness (QED) is 0.886. The molecule has 2 atom stereocenters. The van der Waals surface area contributed by atoms with Crippen molar-refractivity contribution in [2.75, 3.05) is 0 Å². The lowest BCUT2D eigenvalue weighted by molar-refractivity contribution is -0.137. The molecule has 2 unspecified atom stereocenters. The van der Waals surface area contributed by atoms with Gasteiger partial charge in [0.15, 0.2) is 0 Å². The summed E-state index contributed by atoms with van der Waals surface area (Å²) < 4.78 is 37.2. The molecule has 0 fully saturated rings. The third-order valence-corrected chi connectivity index (χ3v) is 2.62. The number of halogens is 3. The average molecular weight is 274 g/mol. The Morgan fingerprint density at radius 2 is 1.79 bits per heavy atom. The lowest BCUT2D eigenvalue weighted by Gasteiger charge is -2.16. The Hall–Kier alpha value is -1.56. The monoisotopic (exact) mass is 274 g/mol. The van der Waals surface area contributed by atoms with Crippen molar-refractivity contribution in [2.24, 2.45) is 5.73 Å². The van der Waals surface area contributed by atoms with E-state index in [1.165, 1.54) is 12.1 Å². The molecule has 0 aromatic heterocycles. The summed E-state index contributed by atoms with van der Waals surface area (Å²) in [6.07, 6.45) is -4.16. The molecule has 0 aliphatic rings. The minimum atomic E-state index is -4.35. The number of amides is 1. The molecule has 1 amide bonds. The molecule has 0 heterocycles. The molecule has 1 rings (SSSR count). The highest BCUT2D eigenvalue weighted by Crippen LogP contribution is 2.29. The summed E-state index contributed by atoms with van der Waals surface area (Å²) in [5, 5.41) is 2.69. The van der Waals surface area contributed by atoms with E-state index in [4.69, 9.17) is 5.73 Å². The molecule has 0 aliphatic carbocycles. The Bertz CT molecular complexity index is 427. The van der Waals surface area contributed by atoms with E-state index in [0.29, 0.717) is 5.56 Å². The normalized spacial score (nSPS) is 14.8. The van der Waals surface area contributed by atoms with E-state index in [1.807, 2.05) is 0 Å². The van der Waals surface area contributed by atoms with Crippen LogP contribution in [0.5, 0.6) is 0 Å². The predicted octanol–water partition coefficient (Wildman–Crippen LogP) is 2.62. The minimum Gasteiger partial charge on any atom is -0.350 e. The summed E-state index contributed by atoms with van der Waals surface area (Å²) in [4.78, 5) is 11.5. The van der Waals surface area contributed by atoms with Crippen molar-refractivity contribution in [3.63, 3.8) is 0 Å². The van der Waals surface area contributed by atoms with Crippen molar-refractivity contribution < 1.29 is 18.0 Å². The fourth-order valence-corrected chi connectivity index (χ4v) is 1.64. The van der Waals surface area contributed by atoms with E-state index in [0.717, 1.165) is 12.1 Å². The van der Waals surface area contributed by atoms with Crippen LogP contribution in [0.15, 0.2) is 24.3 Å². The number of rotatable bonds is 4. The molecule has 0 spiro atoms. The molecule has 0 bridgehead atoms. The Morgan fingerprint density at radius 3 is 2.21 bits per heavy atom. The number of carbonyl (C=O) groups is 1. The van der Waals surface area contributed by atoms with Gasteiger partial charge in [0, 0.05) is 12.5 Å². The molecule has 106 valence electrons. The van der Waals surface area contributed by atoms with Crippen molar-refractivity contribution in [1.82, 2.24) is 5.32 Å². The van der Waals surface area contributed by atoms with Crippen molar-refractivity contribution >= 4 is 5.91 Å². The maximum absolute atomic E-state index is 12.4. The van der Waals surface area contributed by atoms with Crippen molar-refractivity contribution in [3.05, 3.63) is 35.4 Å². The number of hydrogen-bond donors (Lipinski definition) is 2. The van der Waals surface area contributed by atoms with Crippen LogP contribution in [0, 0.1) is 0 Å². The van der Waals surface area contributed by atoms with E-state index in [1.54, 1.807) is 13.8 Å². The fourth-order valence-electron chi connectivity index (χ4n) is 1.64.